The van der Waals surface area contributed by atoms with Gasteiger partial charge in [0.2, 0.25) is 5.91 Å². The van der Waals surface area contributed by atoms with E-state index in [0.717, 1.165) is 10.9 Å². The second-order valence-electron chi connectivity index (χ2n) is 5.52. The molecule has 5 heteroatoms. The van der Waals surface area contributed by atoms with Crippen LogP contribution in [0, 0.1) is 5.92 Å². The number of carbonyl (C=O) groups excluding carboxylic acids is 2. The van der Waals surface area contributed by atoms with Gasteiger partial charge >= 0.3 is 0 Å². The number of likely N-dealkylation sites (N-methyl/N-ethyl adjacent to an activating group) is 1. The van der Waals surface area contributed by atoms with Gasteiger partial charge in [-0.3, -0.25) is 9.59 Å². The number of hydrogen-bond acceptors (Lipinski definition) is 2. The van der Waals surface area contributed by atoms with E-state index in [2.05, 4.69) is 15.6 Å². The number of carbonyl (C=O) groups is 2. The molecule has 2 aromatic rings. The monoisotopic (exact) mass is 287 g/mol. The van der Waals surface area contributed by atoms with Crippen molar-refractivity contribution in [3.05, 3.63) is 36.0 Å². The highest BCUT2D eigenvalue weighted by atomic mass is 16.2. The van der Waals surface area contributed by atoms with Crippen molar-refractivity contribution in [1.82, 2.24) is 15.6 Å². The Balaban J connectivity index is 2.20. The van der Waals surface area contributed by atoms with Crippen molar-refractivity contribution in [2.45, 2.75) is 26.3 Å². The maximum atomic E-state index is 12.4. The maximum absolute atomic E-state index is 12.4. The number of rotatable bonds is 5. The molecule has 0 aliphatic heterocycles. The summed E-state index contributed by atoms with van der Waals surface area (Å²) in [5.41, 5.74) is 1.46. The van der Waals surface area contributed by atoms with Crippen molar-refractivity contribution in [3.8, 4) is 0 Å². The van der Waals surface area contributed by atoms with E-state index in [1.54, 1.807) is 13.2 Å². The lowest BCUT2D eigenvalue weighted by Crippen LogP contribution is -2.46. The third kappa shape index (κ3) is 3.42. The summed E-state index contributed by atoms with van der Waals surface area (Å²) < 4.78 is 0. The predicted octanol–water partition coefficient (Wildman–Crippen LogP) is 2.06. The molecule has 1 heterocycles. The maximum Gasteiger partial charge on any atom is 0.254 e. The Hall–Kier alpha value is -2.30. The number of para-hydroxylation sites is 1. The SMILES string of the molecule is CNC(=O)C(CC(C)C)NC(=O)c1c[nH]c2ccccc12. The van der Waals surface area contributed by atoms with Crippen LogP contribution in [-0.4, -0.2) is 29.9 Å². The molecule has 1 atom stereocenters. The molecular weight excluding hydrogens is 266 g/mol. The molecule has 1 unspecified atom stereocenters. The van der Waals surface area contributed by atoms with E-state index in [1.807, 2.05) is 38.1 Å². The Morgan fingerprint density at radius 2 is 1.95 bits per heavy atom. The third-order valence-corrected chi connectivity index (χ3v) is 3.41. The Morgan fingerprint density at radius 1 is 1.24 bits per heavy atom. The zero-order chi connectivity index (χ0) is 15.4. The van der Waals surface area contributed by atoms with Crippen molar-refractivity contribution in [3.63, 3.8) is 0 Å². The molecule has 0 spiro atoms. The van der Waals surface area contributed by atoms with E-state index in [0.29, 0.717) is 17.9 Å². The Kier molecular flexibility index (Phi) is 4.62. The van der Waals surface area contributed by atoms with E-state index < -0.39 is 6.04 Å². The molecule has 112 valence electrons. The van der Waals surface area contributed by atoms with Gasteiger partial charge in [-0.2, -0.15) is 0 Å². The first-order valence-corrected chi connectivity index (χ1v) is 7.11. The second-order valence-corrected chi connectivity index (χ2v) is 5.52. The predicted molar refractivity (Wildman–Crippen MR) is 83.1 cm³/mol. The van der Waals surface area contributed by atoms with Gasteiger partial charge in [0, 0.05) is 24.1 Å². The van der Waals surface area contributed by atoms with Gasteiger partial charge in [-0.25, -0.2) is 0 Å². The molecule has 0 aliphatic rings. The van der Waals surface area contributed by atoms with Gasteiger partial charge in [-0.15, -0.1) is 0 Å². The number of fused-ring (bicyclic) bond motifs is 1. The van der Waals surface area contributed by atoms with Crippen LogP contribution >= 0.6 is 0 Å². The normalized spacial score (nSPS) is 12.4. The molecule has 0 fully saturated rings. The Labute approximate surface area is 124 Å². The number of amides is 2. The fourth-order valence-corrected chi connectivity index (χ4v) is 2.37. The topological polar surface area (TPSA) is 74.0 Å². The third-order valence-electron chi connectivity index (χ3n) is 3.41. The standard InChI is InChI=1S/C16H21N3O2/c1-10(2)8-14(16(21)17-3)19-15(20)12-9-18-13-7-5-4-6-11(12)13/h4-7,9-10,14,18H,8H2,1-3H3,(H,17,21)(H,19,20). The van der Waals surface area contributed by atoms with Crippen molar-refractivity contribution in [2.75, 3.05) is 7.05 Å². The van der Waals surface area contributed by atoms with Crippen LogP contribution in [0.4, 0.5) is 0 Å². The highest BCUT2D eigenvalue weighted by molar-refractivity contribution is 6.07. The first-order chi connectivity index (χ1) is 10.0. The quantitative estimate of drug-likeness (QED) is 0.787. The minimum atomic E-state index is -0.517. The van der Waals surface area contributed by atoms with Gasteiger partial charge < -0.3 is 15.6 Å². The number of H-pyrrole nitrogens is 1. The van der Waals surface area contributed by atoms with Crippen molar-refractivity contribution >= 4 is 22.7 Å². The molecule has 5 nitrogen and oxygen atoms in total. The largest absolute Gasteiger partial charge is 0.360 e. The summed E-state index contributed by atoms with van der Waals surface area (Å²) in [6.45, 7) is 4.04. The first-order valence-electron chi connectivity index (χ1n) is 7.11. The lowest BCUT2D eigenvalue weighted by atomic mass is 10.0. The Morgan fingerprint density at radius 3 is 2.62 bits per heavy atom. The van der Waals surface area contributed by atoms with Crippen molar-refractivity contribution in [1.29, 1.82) is 0 Å². The molecule has 0 aliphatic carbocycles. The van der Waals surface area contributed by atoms with E-state index >= 15 is 0 Å². The average Bonchev–Trinajstić information content (AvgIpc) is 2.89. The summed E-state index contributed by atoms with van der Waals surface area (Å²) in [5, 5.41) is 6.28. The summed E-state index contributed by atoms with van der Waals surface area (Å²) in [6, 6.07) is 7.08. The van der Waals surface area contributed by atoms with Crippen LogP contribution in [0.25, 0.3) is 10.9 Å². The van der Waals surface area contributed by atoms with Gasteiger partial charge in [0.1, 0.15) is 6.04 Å². The van der Waals surface area contributed by atoms with E-state index in [1.165, 1.54) is 0 Å². The fraction of sp³-hybridized carbons (Fsp3) is 0.375. The van der Waals surface area contributed by atoms with Crippen LogP contribution in [0.1, 0.15) is 30.6 Å². The van der Waals surface area contributed by atoms with E-state index in [-0.39, 0.29) is 11.8 Å². The van der Waals surface area contributed by atoms with Crippen LogP contribution in [0.15, 0.2) is 30.5 Å². The lowest BCUT2D eigenvalue weighted by Gasteiger charge is -2.18. The molecular formula is C16H21N3O2. The summed E-state index contributed by atoms with van der Waals surface area (Å²) >= 11 is 0. The van der Waals surface area contributed by atoms with Gasteiger partial charge in [0.05, 0.1) is 5.56 Å². The van der Waals surface area contributed by atoms with Crippen molar-refractivity contribution < 1.29 is 9.59 Å². The number of hydrogen-bond donors (Lipinski definition) is 3. The summed E-state index contributed by atoms with van der Waals surface area (Å²) in [5.74, 6) is -0.0887. The second kappa shape index (κ2) is 6.43. The zero-order valence-corrected chi connectivity index (χ0v) is 12.6. The van der Waals surface area contributed by atoms with Gasteiger partial charge in [-0.05, 0) is 18.4 Å². The molecule has 3 N–H and O–H groups in total. The molecule has 0 saturated heterocycles. The summed E-state index contributed by atoms with van der Waals surface area (Å²) in [7, 11) is 1.58. The van der Waals surface area contributed by atoms with Gasteiger partial charge in [-0.1, -0.05) is 32.0 Å². The van der Waals surface area contributed by atoms with Crippen LogP contribution in [0.5, 0.6) is 0 Å². The lowest BCUT2D eigenvalue weighted by molar-refractivity contribution is -0.122. The number of aromatic nitrogens is 1. The number of aromatic amines is 1. The van der Waals surface area contributed by atoms with Crippen molar-refractivity contribution in [2.24, 2.45) is 5.92 Å². The smallest absolute Gasteiger partial charge is 0.254 e. The van der Waals surface area contributed by atoms with Crippen LogP contribution in [-0.2, 0) is 4.79 Å². The minimum Gasteiger partial charge on any atom is -0.360 e. The fourth-order valence-electron chi connectivity index (χ4n) is 2.37. The Bertz CT molecular complexity index is 646. The molecule has 0 radical (unpaired) electrons. The highest BCUT2D eigenvalue weighted by Gasteiger charge is 2.22. The van der Waals surface area contributed by atoms with Gasteiger partial charge in [0.25, 0.3) is 5.91 Å². The molecule has 1 aromatic carbocycles. The molecule has 2 rings (SSSR count). The van der Waals surface area contributed by atoms with Crippen LogP contribution < -0.4 is 10.6 Å². The van der Waals surface area contributed by atoms with Gasteiger partial charge in [0.15, 0.2) is 0 Å². The zero-order valence-electron chi connectivity index (χ0n) is 12.6. The van der Waals surface area contributed by atoms with E-state index in [9.17, 15) is 9.59 Å². The molecule has 2 amide bonds. The minimum absolute atomic E-state index is 0.170. The summed E-state index contributed by atoms with van der Waals surface area (Å²) in [6.07, 6.45) is 2.28. The average molecular weight is 287 g/mol. The van der Waals surface area contributed by atoms with E-state index in [4.69, 9.17) is 0 Å². The molecule has 21 heavy (non-hydrogen) atoms. The number of nitrogens with one attached hydrogen (secondary N) is 3. The number of benzene rings is 1. The molecule has 1 aromatic heterocycles. The first kappa shape index (κ1) is 15.1. The van der Waals surface area contributed by atoms with Crippen LogP contribution in [0.3, 0.4) is 0 Å². The molecule has 0 bridgehead atoms. The highest BCUT2D eigenvalue weighted by Crippen LogP contribution is 2.18. The summed E-state index contributed by atoms with van der Waals surface area (Å²) in [4.78, 5) is 27.4. The molecule has 0 saturated carbocycles. The van der Waals surface area contributed by atoms with Crippen LogP contribution in [0.2, 0.25) is 0 Å².